The Morgan fingerprint density at radius 2 is 0.813 bits per heavy atom. The van der Waals surface area contributed by atoms with Crippen LogP contribution in [0.1, 0.15) is 174 Å². The van der Waals surface area contributed by atoms with Crippen LogP contribution in [0.5, 0.6) is 0 Å². The number of nitrogens with one attached hydrogen (secondary N) is 4. The van der Waals surface area contributed by atoms with Gasteiger partial charge in [-0.15, -0.1) is 0 Å². The molecule has 6 aliphatic heterocycles. The molecule has 13 nitrogen and oxygen atoms in total. The lowest BCUT2D eigenvalue weighted by Crippen LogP contribution is -2.53. The summed E-state index contributed by atoms with van der Waals surface area (Å²) in [4.78, 5) is 79.8. The van der Waals surface area contributed by atoms with E-state index in [2.05, 4.69) is 21.3 Å². The summed E-state index contributed by atoms with van der Waals surface area (Å²) >= 11 is 1.91. The number of hydrogen-bond donors (Lipinski definition) is 4. The quantitative estimate of drug-likeness (QED) is 0.129. The van der Waals surface area contributed by atoms with Crippen LogP contribution in [0.15, 0.2) is 0 Å². The molecule has 4 N–H and O–H groups in total. The second-order valence-corrected chi connectivity index (χ2v) is 26.7. The first-order valence-corrected chi connectivity index (χ1v) is 32.2. The van der Waals surface area contributed by atoms with E-state index in [-0.39, 0.29) is 59.3 Å². The van der Waals surface area contributed by atoms with Crippen LogP contribution in [0.25, 0.3) is 0 Å². The summed E-state index contributed by atoms with van der Waals surface area (Å²) < 4.78 is 16.3. The van der Waals surface area contributed by atoms with Gasteiger partial charge in [-0.1, -0.05) is 110 Å². The predicted molar refractivity (Wildman–Crippen MR) is 312 cm³/mol. The zero-order valence-electron chi connectivity index (χ0n) is 49.8. The number of rotatable bonds is 14. The molecule has 0 aromatic carbocycles. The number of hydrogen-bond acceptors (Lipinski definition) is 14. The van der Waals surface area contributed by atoms with Crippen molar-refractivity contribution in [2.24, 2.45) is 76.9 Å². The van der Waals surface area contributed by atoms with Crippen LogP contribution in [0.3, 0.4) is 0 Å². The molecular weight excluding hydrogens is 985 g/mol. The van der Waals surface area contributed by atoms with Crippen LogP contribution >= 0.6 is 11.8 Å². The average Bonchev–Trinajstić information content (AvgIpc) is 4.25. The van der Waals surface area contributed by atoms with E-state index < -0.39 is 10.8 Å². The molecule has 7 rings (SSSR count). The Hall–Kier alpha value is -2.01. The third kappa shape index (κ3) is 29.7. The third-order valence-electron chi connectivity index (χ3n) is 15.0. The van der Waals surface area contributed by atoms with Gasteiger partial charge in [-0.05, 0) is 89.6 Å². The van der Waals surface area contributed by atoms with Crippen LogP contribution in [0.2, 0.25) is 0 Å². The summed E-state index contributed by atoms with van der Waals surface area (Å²) in [6.07, 6.45) is 12.8. The first kappa shape index (κ1) is 71.0. The molecule has 7 fully saturated rings. The van der Waals surface area contributed by atoms with E-state index in [1.54, 1.807) is 0 Å². The Kier molecular flexibility index (Phi) is 38.1. The van der Waals surface area contributed by atoms with Crippen LogP contribution in [-0.2, 0) is 49.1 Å². The minimum atomic E-state index is -0.728. The molecule has 0 bridgehead atoms. The Balaban J connectivity index is 0.000000438. The first-order valence-electron chi connectivity index (χ1n) is 29.5. The Morgan fingerprint density at radius 3 is 1.23 bits per heavy atom. The molecule has 0 radical (unpaired) electrons. The zero-order valence-corrected chi connectivity index (χ0v) is 51.4. The highest BCUT2D eigenvalue weighted by Crippen LogP contribution is 2.28. The summed E-state index contributed by atoms with van der Waals surface area (Å²) in [7, 11) is -0.728. The van der Waals surface area contributed by atoms with E-state index in [4.69, 9.17) is 4.74 Å². The van der Waals surface area contributed by atoms with Crippen molar-refractivity contribution >= 4 is 63.0 Å². The molecule has 1 saturated carbocycles. The number of carbonyl (C=O) groups excluding carboxylic acids is 7. The molecule has 75 heavy (non-hydrogen) atoms. The fourth-order valence-electron chi connectivity index (χ4n) is 10.1. The maximum Gasteiger partial charge on any atom is 0.153 e. The van der Waals surface area contributed by atoms with Gasteiger partial charge in [-0.25, -0.2) is 0 Å². The van der Waals surface area contributed by atoms with Crippen LogP contribution in [0.4, 0.5) is 0 Å². The summed E-state index contributed by atoms with van der Waals surface area (Å²) in [5.41, 5.74) is 0. The smallest absolute Gasteiger partial charge is 0.153 e. The van der Waals surface area contributed by atoms with E-state index in [9.17, 15) is 37.8 Å². The van der Waals surface area contributed by atoms with Crippen molar-refractivity contribution < 1.29 is 42.5 Å². The minimum absolute atomic E-state index is 0.0451. The lowest BCUT2D eigenvalue weighted by atomic mass is 9.88. The van der Waals surface area contributed by atoms with E-state index in [0.29, 0.717) is 69.9 Å². The summed E-state index contributed by atoms with van der Waals surface area (Å²) in [6, 6.07) is 0.0451. The number of piperidine rings is 1. The average molecular weight is 1100 g/mol. The first-order chi connectivity index (χ1) is 35.4. The predicted octanol–water partition coefficient (Wildman–Crippen LogP) is 9.18. The van der Waals surface area contributed by atoms with Gasteiger partial charge in [0.1, 0.15) is 34.7 Å². The third-order valence-corrected chi connectivity index (χ3v) is 17.7. The molecule has 0 aromatic rings. The van der Waals surface area contributed by atoms with Gasteiger partial charge in [0.05, 0.1) is 6.04 Å². The van der Waals surface area contributed by atoms with Gasteiger partial charge < -0.3 is 26.0 Å². The van der Waals surface area contributed by atoms with Crippen molar-refractivity contribution in [2.45, 2.75) is 180 Å². The van der Waals surface area contributed by atoms with Gasteiger partial charge in [0.15, 0.2) is 5.78 Å². The van der Waals surface area contributed by atoms with E-state index in [1.807, 2.05) is 109 Å². The SMILES string of the molecule is CC(C)C(=O)C1CCCC1.CC(C)C(=O)C1CCCS(=O)C1.CC(C)C(=O)C1CCNC1.CC(C)C(=O)C1CCNCC1.CC(C)C(=O)C1CCOCC1.CC(C)C(=O)C1CCSC1.CC(C)C(=O)C1CNCCN1. The van der Waals surface area contributed by atoms with Crippen molar-refractivity contribution in [1.29, 1.82) is 0 Å². The van der Waals surface area contributed by atoms with Gasteiger partial charge in [0, 0.05) is 144 Å². The molecule has 0 spiro atoms. The second-order valence-electron chi connectivity index (χ2n) is 23.9. The Labute approximate surface area is 463 Å². The molecule has 6 heterocycles. The summed E-state index contributed by atoms with van der Waals surface area (Å²) in [5.74, 6) is 9.67. The highest BCUT2D eigenvalue weighted by atomic mass is 32.2. The van der Waals surface area contributed by atoms with Gasteiger partial charge in [-0.3, -0.25) is 37.8 Å². The van der Waals surface area contributed by atoms with Crippen molar-refractivity contribution in [3.05, 3.63) is 0 Å². The van der Waals surface area contributed by atoms with Crippen molar-refractivity contribution in [3.63, 3.8) is 0 Å². The fraction of sp³-hybridized carbons (Fsp3) is 0.883. The summed E-state index contributed by atoms with van der Waals surface area (Å²) in [6.45, 7) is 35.7. The highest BCUT2D eigenvalue weighted by Gasteiger charge is 2.29. The summed E-state index contributed by atoms with van der Waals surface area (Å²) in [5, 5.41) is 12.8. The second kappa shape index (κ2) is 40.2. The van der Waals surface area contributed by atoms with Gasteiger partial charge in [0.25, 0.3) is 0 Å². The number of Topliss-reactive ketones (excluding diaryl/α,β-unsaturated/α-hetero) is 7. The minimum Gasteiger partial charge on any atom is -0.381 e. The van der Waals surface area contributed by atoms with Crippen molar-refractivity contribution in [3.8, 4) is 0 Å². The largest absolute Gasteiger partial charge is 0.381 e. The molecule has 1 aliphatic carbocycles. The topological polar surface area (TPSA) is 194 Å². The lowest BCUT2D eigenvalue weighted by molar-refractivity contribution is -0.129. The lowest BCUT2D eigenvalue weighted by Gasteiger charge is -2.24. The Bertz CT molecular complexity index is 1510. The number of carbonyl (C=O) groups is 7. The number of piperazine rings is 1. The van der Waals surface area contributed by atoms with Crippen LogP contribution in [-0.4, -0.2) is 133 Å². The standard InChI is InChI=1S/C9H17NO.C9H16O2S.C9H16O2.C9H16O.C8H16N2O.C8H15NO.C8H14OS/c1-7(2)9(11)8-3-5-10-6-4-8;1-7(2)9(10)8-4-3-5-12(11)6-8;1-7(2)9(10)8-3-5-11-6-4-8;1-7(2)9(10)8-5-3-4-6-8;1-6(2)8(11)7-5-9-3-4-10-7;1-6(2)8(10)7-3-4-9-5-7;1-6(2)8(9)7-3-4-10-5-7/h7-8,10H,3-6H2,1-2H3;7-8H,3-6H2,1-2H3;7-8H,3-6H2,1-2H3;7-8H,3-6H2,1-2H3;6-7,9-10H,3-5H2,1-2H3;6-7,9H,3-5H2,1-2H3;6-7H,3-5H2,1-2H3. The molecule has 5 unspecified atom stereocenters. The van der Waals surface area contributed by atoms with E-state index >= 15 is 0 Å². The zero-order chi connectivity index (χ0) is 56.6. The monoisotopic (exact) mass is 1090 g/mol. The van der Waals surface area contributed by atoms with Crippen LogP contribution in [0, 0.1) is 76.9 Å². The molecule has 0 aromatic heterocycles. The fourth-order valence-corrected chi connectivity index (χ4v) is 12.8. The number of thioether (sulfide) groups is 1. The molecule has 5 atom stereocenters. The van der Waals surface area contributed by atoms with E-state index in [1.165, 1.54) is 18.6 Å². The maximum atomic E-state index is 11.5. The molecule has 0 amide bonds. The van der Waals surface area contributed by atoms with Gasteiger partial charge >= 0.3 is 0 Å². The molecule has 7 aliphatic rings. The van der Waals surface area contributed by atoms with Gasteiger partial charge in [0.2, 0.25) is 0 Å². The highest BCUT2D eigenvalue weighted by molar-refractivity contribution is 7.99. The molecule has 436 valence electrons. The molecule has 15 heteroatoms. The normalized spacial score (nSPS) is 24.3. The maximum absolute atomic E-state index is 11.5. The van der Waals surface area contributed by atoms with Crippen molar-refractivity contribution in [1.82, 2.24) is 21.3 Å². The number of ketones is 7. The molecule has 6 saturated heterocycles. The number of ether oxygens (including phenoxy) is 1. The van der Waals surface area contributed by atoms with E-state index in [0.717, 1.165) is 135 Å². The van der Waals surface area contributed by atoms with Crippen LogP contribution < -0.4 is 21.3 Å². The Morgan fingerprint density at radius 1 is 0.413 bits per heavy atom. The van der Waals surface area contributed by atoms with Crippen molar-refractivity contribution in [2.75, 3.05) is 82.0 Å². The molecular formula is C60H110N4O9S2. The van der Waals surface area contributed by atoms with Gasteiger partial charge in [-0.2, -0.15) is 11.8 Å².